The van der Waals surface area contributed by atoms with Gasteiger partial charge in [-0.3, -0.25) is 4.79 Å². The van der Waals surface area contributed by atoms with Crippen molar-refractivity contribution >= 4 is 28.2 Å². The minimum Gasteiger partial charge on any atom is -0.488 e. The number of thiazole rings is 1. The van der Waals surface area contributed by atoms with E-state index in [-0.39, 0.29) is 5.56 Å². The molecule has 3 rings (SSSR count). The molecule has 162 valence electrons. The van der Waals surface area contributed by atoms with Crippen LogP contribution in [-0.4, -0.2) is 41.5 Å². The third-order valence-electron chi connectivity index (χ3n) is 4.41. The van der Waals surface area contributed by atoms with Gasteiger partial charge in [-0.25, -0.2) is 4.98 Å². The zero-order valence-electron chi connectivity index (χ0n) is 16.2. The molecule has 0 aliphatic rings. The topological polar surface area (TPSA) is 120 Å². The second kappa shape index (κ2) is 9.47. The minimum absolute atomic E-state index is 0.187. The Bertz CT molecular complexity index is 1020. The number of amides is 1. The van der Waals surface area contributed by atoms with Crippen LogP contribution in [0.3, 0.4) is 0 Å². The standard InChI is InChI=1S/C19H21F2N3O5S/c1-9-15(30-8-23-9)7-27-11-3-4-14-12(5-11)16(10(2)29-14)18(26)24-13(17(22)25)6-28-19(20)21/h3-5,8,13,17,19,25H,6-7,22H2,1-2H3,(H,24,26). The van der Waals surface area contributed by atoms with Gasteiger partial charge < -0.3 is 30.0 Å². The van der Waals surface area contributed by atoms with Crippen LogP contribution in [0.15, 0.2) is 28.1 Å². The average Bonchev–Trinajstić information content (AvgIpc) is 3.24. The lowest BCUT2D eigenvalue weighted by molar-refractivity contribution is -0.138. The molecular weight excluding hydrogens is 420 g/mol. The van der Waals surface area contributed by atoms with Crippen LogP contribution in [-0.2, 0) is 11.3 Å². The smallest absolute Gasteiger partial charge is 0.345 e. The van der Waals surface area contributed by atoms with E-state index >= 15 is 0 Å². The molecule has 3 aromatic rings. The fraction of sp³-hybridized carbons (Fsp3) is 0.368. The van der Waals surface area contributed by atoms with Gasteiger partial charge in [-0.1, -0.05) is 0 Å². The van der Waals surface area contributed by atoms with Gasteiger partial charge in [0.1, 0.15) is 29.9 Å². The van der Waals surface area contributed by atoms with E-state index in [1.807, 2.05) is 6.92 Å². The van der Waals surface area contributed by atoms with E-state index in [1.165, 1.54) is 11.3 Å². The highest BCUT2D eigenvalue weighted by Gasteiger charge is 2.25. The molecule has 0 aliphatic heterocycles. The number of hydrogen-bond donors (Lipinski definition) is 3. The Morgan fingerprint density at radius 1 is 1.40 bits per heavy atom. The Hall–Kier alpha value is -2.60. The molecular formula is C19H21F2N3O5S. The molecule has 0 aliphatic carbocycles. The second-order valence-corrected chi connectivity index (χ2v) is 7.44. The first kappa shape index (κ1) is 22.1. The molecule has 1 amide bonds. The molecule has 1 aromatic carbocycles. The SMILES string of the molecule is Cc1ncsc1COc1ccc2oc(C)c(C(=O)NC(COC(F)F)C(N)O)c2c1. The Morgan fingerprint density at radius 3 is 2.80 bits per heavy atom. The van der Waals surface area contributed by atoms with Crippen molar-refractivity contribution in [3.05, 3.63) is 45.6 Å². The van der Waals surface area contributed by atoms with Crippen molar-refractivity contribution in [3.8, 4) is 5.75 Å². The van der Waals surface area contributed by atoms with Crippen molar-refractivity contribution in [3.63, 3.8) is 0 Å². The first-order valence-corrected chi connectivity index (χ1v) is 9.83. The number of carbonyl (C=O) groups excluding carboxylic acids is 1. The monoisotopic (exact) mass is 441 g/mol. The number of nitrogens with zero attached hydrogens (tertiary/aromatic N) is 1. The highest BCUT2D eigenvalue weighted by atomic mass is 32.1. The van der Waals surface area contributed by atoms with Crippen molar-refractivity contribution in [1.82, 2.24) is 10.3 Å². The molecule has 4 N–H and O–H groups in total. The highest BCUT2D eigenvalue weighted by molar-refractivity contribution is 7.09. The summed E-state index contributed by atoms with van der Waals surface area (Å²) in [5, 5.41) is 12.5. The molecule has 2 unspecified atom stereocenters. The molecule has 2 aromatic heterocycles. The minimum atomic E-state index is -3.05. The van der Waals surface area contributed by atoms with Crippen molar-refractivity contribution < 1.29 is 32.6 Å². The summed E-state index contributed by atoms with van der Waals surface area (Å²) in [5.74, 6) is 0.189. The summed E-state index contributed by atoms with van der Waals surface area (Å²) in [6, 6.07) is 3.81. The zero-order valence-corrected chi connectivity index (χ0v) is 17.0. The van der Waals surface area contributed by atoms with Crippen molar-refractivity contribution in [1.29, 1.82) is 0 Å². The molecule has 0 fully saturated rings. The molecule has 11 heteroatoms. The first-order valence-electron chi connectivity index (χ1n) is 8.95. The van der Waals surface area contributed by atoms with Gasteiger partial charge in [-0.15, -0.1) is 11.3 Å². The van der Waals surface area contributed by atoms with Crippen LogP contribution in [0.4, 0.5) is 8.78 Å². The fourth-order valence-electron chi connectivity index (χ4n) is 2.83. The van der Waals surface area contributed by atoms with Crippen molar-refractivity contribution in [2.45, 2.75) is 39.3 Å². The first-order chi connectivity index (χ1) is 14.3. The molecule has 0 spiro atoms. The van der Waals surface area contributed by atoms with Gasteiger partial charge in [0.2, 0.25) is 0 Å². The van der Waals surface area contributed by atoms with E-state index in [2.05, 4.69) is 15.0 Å². The lowest BCUT2D eigenvalue weighted by Crippen LogP contribution is -2.50. The maximum absolute atomic E-state index is 12.8. The van der Waals surface area contributed by atoms with E-state index in [0.29, 0.717) is 29.1 Å². The predicted octanol–water partition coefficient (Wildman–Crippen LogP) is 2.70. The van der Waals surface area contributed by atoms with Crippen LogP contribution in [0.5, 0.6) is 5.75 Å². The molecule has 8 nitrogen and oxygen atoms in total. The lowest BCUT2D eigenvalue weighted by Gasteiger charge is -2.21. The van der Waals surface area contributed by atoms with E-state index in [4.69, 9.17) is 14.9 Å². The maximum Gasteiger partial charge on any atom is 0.345 e. The number of fused-ring (bicyclic) bond motifs is 1. The Balaban J connectivity index is 1.80. The number of hydrogen-bond acceptors (Lipinski definition) is 8. The normalized spacial score (nSPS) is 13.6. The van der Waals surface area contributed by atoms with E-state index in [9.17, 15) is 18.7 Å². The molecule has 2 heterocycles. The van der Waals surface area contributed by atoms with E-state index in [0.717, 1.165) is 10.6 Å². The number of rotatable bonds is 9. The summed E-state index contributed by atoms with van der Waals surface area (Å²) in [7, 11) is 0. The Kier molecular flexibility index (Phi) is 6.98. The number of aliphatic hydroxyl groups excluding tert-OH is 1. The van der Waals surface area contributed by atoms with Crippen LogP contribution < -0.4 is 15.8 Å². The highest BCUT2D eigenvalue weighted by Crippen LogP contribution is 2.30. The van der Waals surface area contributed by atoms with Crippen LogP contribution in [0, 0.1) is 13.8 Å². The molecule has 0 saturated heterocycles. The average molecular weight is 441 g/mol. The van der Waals surface area contributed by atoms with Crippen LogP contribution in [0.25, 0.3) is 11.0 Å². The van der Waals surface area contributed by atoms with Crippen molar-refractivity contribution in [2.24, 2.45) is 5.73 Å². The lowest BCUT2D eigenvalue weighted by atomic mass is 10.1. The van der Waals surface area contributed by atoms with Crippen LogP contribution in [0.2, 0.25) is 0 Å². The number of nitrogens with two attached hydrogens (primary N) is 1. The molecule has 0 radical (unpaired) electrons. The molecule has 0 bridgehead atoms. The second-order valence-electron chi connectivity index (χ2n) is 6.51. The quantitative estimate of drug-likeness (QED) is 0.437. The largest absolute Gasteiger partial charge is 0.488 e. The number of halogens is 2. The summed E-state index contributed by atoms with van der Waals surface area (Å²) < 4.78 is 40.2. The predicted molar refractivity (Wildman–Crippen MR) is 106 cm³/mol. The van der Waals surface area contributed by atoms with Gasteiger partial charge in [0.25, 0.3) is 5.91 Å². The summed E-state index contributed by atoms with van der Waals surface area (Å²) in [4.78, 5) is 17.9. The zero-order chi connectivity index (χ0) is 21.8. The number of aromatic nitrogens is 1. The summed E-state index contributed by atoms with van der Waals surface area (Å²) in [6.45, 7) is 0.104. The number of nitrogens with one attached hydrogen (secondary N) is 1. The van der Waals surface area contributed by atoms with Gasteiger partial charge in [-0.2, -0.15) is 8.78 Å². The van der Waals surface area contributed by atoms with Crippen molar-refractivity contribution in [2.75, 3.05) is 6.61 Å². The summed E-state index contributed by atoms with van der Waals surface area (Å²) in [5.41, 5.74) is 8.63. The van der Waals surface area contributed by atoms with Gasteiger partial charge in [0.15, 0.2) is 0 Å². The van der Waals surface area contributed by atoms with E-state index in [1.54, 1.807) is 30.6 Å². The number of carbonyl (C=O) groups is 1. The van der Waals surface area contributed by atoms with Gasteiger partial charge in [0, 0.05) is 5.39 Å². The maximum atomic E-state index is 12.8. The van der Waals surface area contributed by atoms with Gasteiger partial charge >= 0.3 is 6.61 Å². The summed E-state index contributed by atoms with van der Waals surface area (Å²) in [6.07, 6.45) is -1.59. The van der Waals surface area contributed by atoms with E-state index < -0.39 is 31.4 Å². The number of aliphatic hydroxyl groups is 1. The third kappa shape index (κ3) is 5.11. The van der Waals surface area contributed by atoms with Gasteiger partial charge in [0.05, 0.1) is 34.3 Å². The molecule has 2 atom stereocenters. The van der Waals surface area contributed by atoms with Gasteiger partial charge in [-0.05, 0) is 32.0 Å². The number of alkyl halides is 2. The summed E-state index contributed by atoms with van der Waals surface area (Å²) >= 11 is 1.48. The third-order valence-corrected chi connectivity index (χ3v) is 5.32. The number of furan rings is 1. The van der Waals surface area contributed by atoms with Crippen LogP contribution >= 0.6 is 11.3 Å². The van der Waals surface area contributed by atoms with Crippen LogP contribution in [0.1, 0.15) is 26.7 Å². The number of ether oxygens (including phenoxy) is 2. The number of benzene rings is 1. The molecule has 0 saturated carbocycles. The fourth-order valence-corrected chi connectivity index (χ4v) is 3.52. The number of aryl methyl sites for hydroxylation is 2. The Morgan fingerprint density at radius 2 is 2.17 bits per heavy atom. The molecule has 30 heavy (non-hydrogen) atoms. The Labute approximate surface area is 174 Å².